The minimum absolute atomic E-state index is 0.0486. The van der Waals surface area contributed by atoms with E-state index in [2.05, 4.69) is 32.5 Å². The topological polar surface area (TPSA) is 68.1 Å². The molecule has 0 spiro atoms. The van der Waals surface area contributed by atoms with Crippen LogP contribution in [0.15, 0.2) is 10.7 Å². The van der Waals surface area contributed by atoms with Crippen molar-refractivity contribution >= 4 is 39.2 Å². The Hall–Kier alpha value is -0.820. The highest BCUT2D eigenvalue weighted by molar-refractivity contribution is 9.10. The van der Waals surface area contributed by atoms with Gasteiger partial charge < -0.3 is 5.32 Å². The first-order chi connectivity index (χ1) is 9.54. The molecule has 0 bridgehead atoms. The number of halogens is 1. The van der Waals surface area contributed by atoms with Crippen LogP contribution >= 0.6 is 27.7 Å². The molecule has 7 heteroatoms. The predicted octanol–water partition coefficient (Wildman–Crippen LogP) is 4.15. The number of rotatable bonds is 4. The van der Waals surface area contributed by atoms with Gasteiger partial charge in [0.25, 0.3) is 5.69 Å². The summed E-state index contributed by atoms with van der Waals surface area (Å²) in [4.78, 5) is 14.7. The zero-order chi connectivity index (χ0) is 14.7. The zero-order valence-electron chi connectivity index (χ0n) is 11.6. The van der Waals surface area contributed by atoms with Crippen molar-refractivity contribution in [2.24, 2.45) is 0 Å². The van der Waals surface area contributed by atoms with E-state index in [0.717, 1.165) is 6.42 Å². The van der Waals surface area contributed by atoms with E-state index in [0.29, 0.717) is 27.1 Å². The Labute approximate surface area is 131 Å². The van der Waals surface area contributed by atoms with Crippen LogP contribution in [0.2, 0.25) is 0 Å². The summed E-state index contributed by atoms with van der Waals surface area (Å²) < 4.78 is 0.692. The fourth-order valence-corrected chi connectivity index (χ4v) is 3.93. The second-order valence-electron chi connectivity index (χ2n) is 5.00. The van der Waals surface area contributed by atoms with Gasteiger partial charge in [-0.25, -0.2) is 4.98 Å². The lowest BCUT2D eigenvalue weighted by molar-refractivity contribution is -0.385. The third-order valence-corrected chi connectivity index (χ3v) is 5.90. The van der Waals surface area contributed by atoms with E-state index < -0.39 is 4.92 Å². The molecule has 1 aliphatic rings. The van der Waals surface area contributed by atoms with E-state index in [-0.39, 0.29) is 5.69 Å². The Bertz CT molecular complexity index is 513. The first-order valence-electron chi connectivity index (χ1n) is 6.63. The molecule has 0 saturated heterocycles. The molecule has 2 atom stereocenters. The summed E-state index contributed by atoms with van der Waals surface area (Å²) in [6.45, 7) is 1.74. The van der Waals surface area contributed by atoms with Gasteiger partial charge in [0.2, 0.25) is 0 Å². The van der Waals surface area contributed by atoms with E-state index in [9.17, 15) is 10.1 Å². The molecule has 1 aromatic heterocycles. The van der Waals surface area contributed by atoms with Gasteiger partial charge in [-0.05, 0) is 42.0 Å². The smallest absolute Gasteiger partial charge is 0.291 e. The molecule has 0 aliphatic heterocycles. The summed E-state index contributed by atoms with van der Waals surface area (Å²) in [5.41, 5.74) is 0.663. The van der Waals surface area contributed by atoms with Crippen LogP contribution in [-0.4, -0.2) is 27.5 Å². The summed E-state index contributed by atoms with van der Waals surface area (Å²) in [6, 6.07) is 0.378. The molecular formula is C13H18BrN3O2S. The number of anilines is 1. The van der Waals surface area contributed by atoms with Crippen molar-refractivity contribution in [2.45, 2.75) is 43.9 Å². The molecule has 2 unspecified atom stereocenters. The van der Waals surface area contributed by atoms with Crippen molar-refractivity contribution in [2.75, 3.05) is 11.6 Å². The second kappa shape index (κ2) is 6.76. The van der Waals surface area contributed by atoms with Gasteiger partial charge in [0.15, 0.2) is 0 Å². The molecule has 0 radical (unpaired) electrons. The van der Waals surface area contributed by atoms with E-state index in [1.54, 1.807) is 6.92 Å². The number of aromatic nitrogens is 1. The quantitative estimate of drug-likeness (QED) is 0.645. The number of nitro groups is 1. The zero-order valence-corrected chi connectivity index (χ0v) is 14.0. The van der Waals surface area contributed by atoms with Crippen molar-refractivity contribution in [3.8, 4) is 0 Å². The number of nitrogens with zero attached hydrogens (tertiary/aromatic N) is 2. The Morgan fingerprint density at radius 1 is 1.50 bits per heavy atom. The lowest BCUT2D eigenvalue weighted by Crippen LogP contribution is -2.34. The maximum Gasteiger partial charge on any atom is 0.291 e. The molecular weight excluding hydrogens is 342 g/mol. The first kappa shape index (κ1) is 15.6. The van der Waals surface area contributed by atoms with Gasteiger partial charge in [0, 0.05) is 16.9 Å². The van der Waals surface area contributed by atoms with Crippen LogP contribution in [0.3, 0.4) is 0 Å². The molecule has 1 heterocycles. The molecule has 110 valence electrons. The highest BCUT2D eigenvalue weighted by Crippen LogP contribution is 2.34. The largest absolute Gasteiger partial charge is 0.365 e. The number of hydrogen-bond donors (Lipinski definition) is 1. The molecule has 1 fully saturated rings. The van der Waals surface area contributed by atoms with Gasteiger partial charge in [-0.15, -0.1) is 0 Å². The Morgan fingerprint density at radius 2 is 2.20 bits per heavy atom. The summed E-state index contributed by atoms with van der Waals surface area (Å²) in [5, 5.41) is 14.9. The Kier molecular flexibility index (Phi) is 5.26. The Balaban J connectivity index is 2.21. The maximum atomic E-state index is 10.9. The van der Waals surface area contributed by atoms with Crippen molar-refractivity contribution in [3.05, 3.63) is 26.3 Å². The van der Waals surface area contributed by atoms with Crippen LogP contribution in [0.4, 0.5) is 11.5 Å². The minimum Gasteiger partial charge on any atom is -0.365 e. The predicted molar refractivity (Wildman–Crippen MR) is 86.5 cm³/mol. The fourth-order valence-electron chi connectivity index (χ4n) is 2.57. The van der Waals surface area contributed by atoms with Gasteiger partial charge in [-0.3, -0.25) is 10.1 Å². The molecule has 20 heavy (non-hydrogen) atoms. The monoisotopic (exact) mass is 359 g/mol. The summed E-state index contributed by atoms with van der Waals surface area (Å²) in [5.74, 6) is 0.707. The average Bonchev–Trinajstić information content (AvgIpc) is 2.44. The second-order valence-corrected chi connectivity index (χ2v) is 6.87. The highest BCUT2D eigenvalue weighted by atomic mass is 79.9. The van der Waals surface area contributed by atoms with Crippen LogP contribution in [0.5, 0.6) is 0 Å². The van der Waals surface area contributed by atoms with E-state index in [1.807, 2.05) is 11.8 Å². The third-order valence-electron chi connectivity index (χ3n) is 3.76. The summed E-state index contributed by atoms with van der Waals surface area (Å²) in [6.07, 6.45) is 8.29. The van der Waals surface area contributed by atoms with Crippen LogP contribution in [0, 0.1) is 17.0 Å². The number of thioether (sulfide) groups is 1. The lowest BCUT2D eigenvalue weighted by Gasteiger charge is -2.31. The van der Waals surface area contributed by atoms with Crippen molar-refractivity contribution < 1.29 is 4.92 Å². The van der Waals surface area contributed by atoms with Crippen molar-refractivity contribution in [3.63, 3.8) is 0 Å². The molecule has 0 aromatic carbocycles. The number of hydrogen-bond acceptors (Lipinski definition) is 5. The SMILES string of the molecule is CSC1CCCCC1Nc1ncc([N+](=O)[O-])c(C)c1Br. The van der Waals surface area contributed by atoms with Gasteiger partial charge in [-0.1, -0.05) is 12.8 Å². The van der Waals surface area contributed by atoms with Crippen LogP contribution in [0.25, 0.3) is 0 Å². The van der Waals surface area contributed by atoms with Gasteiger partial charge in [0.1, 0.15) is 12.0 Å². The van der Waals surface area contributed by atoms with Crippen LogP contribution in [0.1, 0.15) is 31.2 Å². The highest BCUT2D eigenvalue weighted by Gasteiger charge is 2.26. The maximum absolute atomic E-state index is 10.9. The van der Waals surface area contributed by atoms with E-state index in [4.69, 9.17) is 0 Å². The third kappa shape index (κ3) is 3.25. The standard InChI is InChI=1S/C13H18BrN3O2S/c1-8-10(17(18)19)7-15-13(12(8)14)16-9-5-3-4-6-11(9)20-2/h7,9,11H,3-6H2,1-2H3,(H,15,16). The average molecular weight is 360 g/mol. The van der Waals surface area contributed by atoms with Gasteiger partial charge in [-0.2, -0.15) is 11.8 Å². The molecule has 2 rings (SSSR count). The van der Waals surface area contributed by atoms with Gasteiger partial charge in [0.05, 0.1) is 9.40 Å². The summed E-state index contributed by atoms with van der Waals surface area (Å²) in [7, 11) is 0. The normalized spacial score (nSPS) is 22.6. The number of pyridine rings is 1. The van der Waals surface area contributed by atoms with Crippen LogP contribution < -0.4 is 5.32 Å². The number of nitrogens with one attached hydrogen (secondary N) is 1. The lowest BCUT2D eigenvalue weighted by atomic mass is 9.95. The first-order valence-corrected chi connectivity index (χ1v) is 8.71. The molecule has 1 saturated carbocycles. The van der Waals surface area contributed by atoms with E-state index >= 15 is 0 Å². The molecule has 1 N–H and O–H groups in total. The van der Waals surface area contributed by atoms with E-state index in [1.165, 1.54) is 25.5 Å². The summed E-state index contributed by atoms with van der Waals surface area (Å²) >= 11 is 5.31. The fraction of sp³-hybridized carbons (Fsp3) is 0.615. The van der Waals surface area contributed by atoms with Crippen molar-refractivity contribution in [1.29, 1.82) is 0 Å². The molecule has 0 amide bonds. The molecule has 5 nitrogen and oxygen atoms in total. The minimum atomic E-state index is -0.401. The molecule has 1 aromatic rings. The molecule has 1 aliphatic carbocycles. The van der Waals surface area contributed by atoms with Crippen molar-refractivity contribution in [1.82, 2.24) is 4.98 Å². The van der Waals surface area contributed by atoms with Crippen LogP contribution in [-0.2, 0) is 0 Å². The van der Waals surface area contributed by atoms with Gasteiger partial charge >= 0.3 is 0 Å². The Morgan fingerprint density at radius 3 is 2.85 bits per heavy atom.